The highest BCUT2D eigenvalue weighted by Crippen LogP contribution is 2.29. The van der Waals surface area contributed by atoms with Crippen LogP contribution in [0.25, 0.3) is 11.1 Å². The molecule has 0 aliphatic rings. The number of ether oxygens (including phenoxy) is 1. The molecule has 0 bridgehead atoms. The van der Waals surface area contributed by atoms with Crippen molar-refractivity contribution in [2.75, 3.05) is 0 Å². The van der Waals surface area contributed by atoms with E-state index >= 15 is 0 Å². The third kappa shape index (κ3) is 3.12. The summed E-state index contributed by atoms with van der Waals surface area (Å²) in [5, 5.41) is 10.9. The zero-order valence-electron chi connectivity index (χ0n) is 11.7. The van der Waals surface area contributed by atoms with Crippen molar-refractivity contribution in [2.45, 2.75) is 0 Å². The van der Waals surface area contributed by atoms with Crippen molar-refractivity contribution in [3.63, 3.8) is 0 Å². The number of hydrogen-bond acceptors (Lipinski definition) is 3. The van der Waals surface area contributed by atoms with E-state index in [2.05, 4.69) is 0 Å². The van der Waals surface area contributed by atoms with Crippen LogP contribution in [0.3, 0.4) is 0 Å². The lowest BCUT2D eigenvalue weighted by molar-refractivity contribution is -0.384. The van der Waals surface area contributed by atoms with Gasteiger partial charge in [-0.2, -0.15) is 0 Å². The number of benzene rings is 3. The minimum atomic E-state index is -0.395. The molecule has 4 nitrogen and oxygen atoms in total. The second-order valence-electron chi connectivity index (χ2n) is 4.75. The van der Waals surface area contributed by atoms with Gasteiger partial charge in [0.2, 0.25) is 0 Å². The van der Waals surface area contributed by atoms with E-state index in [1.165, 1.54) is 6.07 Å². The van der Waals surface area contributed by atoms with Crippen LogP contribution in [-0.2, 0) is 0 Å². The quantitative estimate of drug-likeness (QED) is 0.499. The van der Waals surface area contributed by atoms with Crippen LogP contribution >= 0.6 is 0 Å². The molecule has 0 aliphatic carbocycles. The molecule has 0 saturated carbocycles. The number of hydrogen-bond donors (Lipinski definition) is 0. The monoisotopic (exact) mass is 291 g/mol. The summed E-state index contributed by atoms with van der Waals surface area (Å²) < 4.78 is 5.78. The number of nitrogens with zero attached hydrogens (tertiary/aromatic N) is 1. The predicted molar refractivity (Wildman–Crippen MR) is 85.0 cm³/mol. The van der Waals surface area contributed by atoms with Crippen LogP contribution in [0.1, 0.15) is 0 Å². The average Bonchev–Trinajstić information content (AvgIpc) is 2.56. The van der Waals surface area contributed by atoms with E-state index in [1.54, 1.807) is 12.1 Å². The molecule has 0 radical (unpaired) electrons. The Morgan fingerprint density at radius 2 is 1.36 bits per heavy atom. The Hall–Kier alpha value is -3.14. The van der Waals surface area contributed by atoms with Gasteiger partial charge in [0.15, 0.2) is 0 Å². The zero-order chi connectivity index (χ0) is 15.4. The van der Waals surface area contributed by atoms with Gasteiger partial charge >= 0.3 is 0 Å². The van der Waals surface area contributed by atoms with Crippen LogP contribution in [0.15, 0.2) is 78.9 Å². The van der Waals surface area contributed by atoms with Gasteiger partial charge in [-0.05, 0) is 35.4 Å². The summed E-state index contributed by atoms with van der Waals surface area (Å²) in [6.07, 6.45) is 0. The van der Waals surface area contributed by atoms with E-state index in [4.69, 9.17) is 4.74 Å². The predicted octanol–water partition coefficient (Wildman–Crippen LogP) is 5.05. The molecule has 3 rings (SSSR count). The SMILES string of the molecule is O=[N+]([O-])c1cccc(-c2cccc(Oc3ccccc3)c2)c1. The van der Waals surface area contributed by atoms with Gasteiger partial charge < -0.3 is 4.74 Å². The first-order valence-electron chi connectivity index (χ1n) is 6.80. The number of para-hydroxylation sites is 1. The van der Waals surface area contributed by atoms with E-state index < -0.39 is 4.92 Å². The van der Waals surface area contributed by atoms with Crippen molar-refractivity contribution in [3.8, 4) is 22.6 Å². The third-order valence-electron chi connectivity index (χ3n) is 3.20. The summed E-state index contributed by atoms with van der Waals surface area (Å²) in [6, 6.07) is 23.5. The van der Waals surface area contributed by atoms with Crippen LogP contribution in [0.2, 0.25) is 0 Å². The van der Waals surface area contributed by atoms with Gasteiger partial charge in [0.05, 0.1) is 4.92 Å². The molecule has 0 N–H and O–H groups in total. The van der Waals surface area contributed by atoms with Crippen molar-refractivity contribution in [1.29, 1.82) is 0 Å². The van der Waals surface area contributed by atoms with Crippen LogP contribution in [-0.4, -0.2) is 4.92 Å². The Morgan fingerprint density at radius 1 is 0.727 bits per heavy atom. The Balaban J connectivity index is 1.91. The van der Waals surface area contributed by atoms with Crippen molar-refractivity contribution >= 4 is 5.69 Å². The van der Waals surface area contributed by atoms with Crippen LogP contribution in [0, 0.1) is 10.1 Å². The van der Waals surface area contributed by atoms with Crippen LogP contribution in [0.4, 0.5) is 5.69 Å². The average molecular weight is 291 g/mol. The van der Waals surface area contributed by atoms with Gasteiger partial charge in [-0.1, -0.05) is 42.5 Å². The maximum atomic E-state index is 10.9. The maximum absolute atomic E-state index is 10.9. The molecule has 0 aliphatic heterocycles. The molecule has 3 aromatic carbocycles. The van der Waals surface area contributed by atoms with Crippen molar-refractivity contribution in [3.05, 3.63) is 89.0 Å². The van der Waals surface area contributed by atoms with Crippen molar-refractivity contribution in [1.82, 2.24) is 0 Å². The van der Waals surface area contributed by atoms with Crippen molar-refractivity contribution in [2.24, 2.45) is 0 Å². The van der Waals surface area contributed by atoms with Crippen LogP contribution in [0.5, 0.6) is 11.5 Å². The summed E-state index contributed by atoms with van der Waals surface area (Å²) in [5.41, 5.74) is 1.73. The molecule has 0 aromatic heterocycles. The molecular weight excluding hydrogens is 278 g/mol. The molecule has 0 atom stereocenters. The second-order valence-corrected chi connectivity index (χ2v) is 4.75. The first kappa shape index (κ1) is 13.8. The van der Waals surface area contributed by atoms with Gasteiger partial charge in [-0.15, -0.1) is 0 Å². The van der Waals surface area contributed by atoms with E-state index in [0.29, 0.717) is 5.75 Å². The van der Waals surface area contributed by atoms with Crippen molar-refractivity contribution < 1.29 is 9.66 Å². The Bertz CT molecular complexity index is 800. The zero-order valence-corrected chi connectivity index (χ0v) is 11.7. The molecule has 0 amide bonds. The molecule has 0 fully saturated rings. The van der Waals surface area contributed by atoms with Gasteiger partial charge in [-0.25, -0.2) is 0 Å². The number of rotatable bonds is 4. The van der Waals surface area contributed by atoms with Gasteiger partial charge in [-0.3, -0.25) is 10.1 Å². The lowest BCUT2D eigenvalue weighted by atomic mass is 10.0. The summed E-state index contributed by atoms with van der Waals surface area (Å²) in [6.45, 7) is 0. The molecule has 0 heterocycles. The molecule has 0 spiro atoms. The van der Waals surface area contributed by atoms with Crippen LogP contribution < -0.4 is 4.74 Å². The fourth-order valence-corrected chi connectivity index (χ4v) is 2.16. The number of nitro benzene ring substituents is 1. The lowest BCUT2D eigenvalue weighted by Gasteiger charge is -2.08. The third-order valence-corrected chi connectivity index (χ3v) is 3.20. The minimum Gasteiger partial charge on any atom is -0.457 e. The second kappa shape index (κ2) is 6.10. The van der Waals surface area contributed by atoms with E-state index in [1.807, 2.05) is 60.7 Å². The maximum Gasteiger partial charge on any atom is 0.270 e. The molecule has 108 valence electrons. The highest BCUT2D eigenvalue weighted by molar-refractivity contribution is 5.67. The van der Waals surface area contributed by atoms with E-state index in [9.17, 15) is 10.1 Å². The fourth-order valence-electron chi connectivity index (χ4n) is 2.16. The summed E-state index contributed by atoms with van der Waals surface area (Å²) >= 11 is 0. The van der Waals surface area contributed by atoms with Gasteiger partial charge in [0, 0.05) is 12.1 Å². The molecular formula is C18H13NO3. The molecule has 0 unspecified atom stereocenters. The summed E-state index contributed by atoms with van der Waals surface area (Å²) in [5.74, 6) is 1.44. The standard InChI is InChI=1S/C18H13NO3/c20-19(21)16-8-4-6-14(12-16)15-7-5-11-18(13-15)22-17-9-2-1-3-10-17/h1-13H. The highest BCUT2D eigenvalue weighted by Gasteiger charge is 2.08. The van der Waals surface area contributed by atoms with E-state index in [0.717, 1.165) is 16.9 Å². The topological polar surface area (TPSA) is 52.4 Å². The van der Waals surface area contributed by atoms with E-state index in [-0.39, 0.29) is 5.69 Å². The number of non-ortho nitro benzene ring substituents is 1. The molecule has 3 aromatic rings. The highest BCUT2D eigenvalue weighted by atomic mass is 16.6. The summed E-state index contributed by atoms with van der Waals surface area (Å²) in [7, 11) is 0. The molecule has 4 heteroatoms. The smallest absolute Gasteiger partial charge is 0.270 e. The largest absolute Gasteiger partial charge is 0.457 e. The van der Waals surface area contributed by atoms with Gasteiger partial charge in [0.25, 0.3) is 5.69 Å². The fraction of sp³-hybridized carbons (Fsp3) is 0. The molecule has 22 heavy (non-hydrogen) atoms. The Labute approximate surface area is 127 Å². The van der Waals surface area contributed by atoms with Gasteiger partial charge in [0.1, 0.15) is 11.5 Å². The Morgan fingerprint density at radius 3 is 2.09 bits per heavy atom. The minimum absolute atomic E-state index is 0.0758. The normalized spacial score (nSPS) is 10.2. The molecule has 0 saturated heterocycles. The first-order valence-corrected chi connectivity index (χ1v) is 6.80. The Kier molecular flexibility index (Phi) is 3.83. The summed E-state index contributed by atoms with van der Waals surface area (Å²) in [4.78, 5) is 10.5. The lowest BCUT2D eigenvalue weighted by Crippen LogP contribution is -1.88. The first-order chi connectivity index (χ1) is 10.7. The number of nitro groups is 1.